The molecule has 10 heteroatoms. The van der Waals surface area contributed by atoms with Crippen LogP contribution in [0.15, 0.2) is 28.5 Å². The van der Waals surface area contributed by atoms with Gasteiger partial charge in [0, 0.05) is 13.8 Å². The highest BCUT2D eigenvalue weighted by atomic mass is 16.6. The number of hydrogen-bond donors (Lipinski definition) is 1. The fraction of sp³-hybridized carbons (Fsp3) is 0.438. The van der Waals surface area contributed by atoms with E-state index < -0.39 is 42.0 Å². The molecule has 0 fully saturated rings. The summed E-state index contributed by atoms with van der Waals surface area (Å²) in [7, 11) is 2.34. The number of rotatable bonds is 4. The van der Waals surface area contributed by atoms with E-state index in [1.54, 1.807) is 0 Å². The molecule has 0 saturated heterocycles. The number of esters is 4. The van der Waals surface area contributed by atoms with E-state index in [1.165, 1.54) is 33.1 Å². The van der Waals surface area contributed by atoms with Gasteiger partial charge in [0.15, 0.2) is 17.9 Å². The van der Waals surface area contributed by atoms with Crippen molar-refractivity contribution in [3.8, 4) is 0 Å². The number of carbonyl (C=O) groups is 4. The van der Waals surface area contributed by atoms with Crippen LogP contribution in [0.5, 0.6) is 0 Å². The largest absolute Gasteiger partial charge is 0.464 e. The number of carbonyl (C=O) groups excluding carboxylic acids is 4. The van der Waals surface area contributed by atoms with Crippen molar-refractivity contribution in [1.29, 1.82) is 0 Å². The molecule has 2 rings (SSSR count). The van der Waals surface area contributed by atoms with Crippen LogP contribution in [0.2, 0.25) is 0 Å². The first-order valence-electron chi connectivity index (χ1n) is 7.57. The zero-order valence-electron chi connectivity index (χ0n) is 14.6. The van der Waals surface area contributed by atoms with Gasteiger partial charge in [0.2, 0.25) is 0 Å². The summed E-state index contributed by atoms with van der Waals surface area (Å²) in [6.07, 6.45) is 0.842. The highest BCUT2D eigenvalue weighted by Crippen LogP contribution is 2.34. The van der Waals surface area contributed by atoms with Crippen LogP contribution >= 0.6 is 0 Å². The van der Waals surface area contributed by atoms with Gasteiger partial charge < -0.3 is 18.9 Å². The highest BCUT2D eigenvalue weighted by molar-refractivity contribution is 6.38. The number of ether oxygens (including phenoxy) is 4. The Morgan fingerprint density at radius 1 is 1.00 bits per heavy atom. The lowest BCUT2D eigenvalue weighted by molar-refractivity contribution is -0.163. The third-order valence-electron chi connectivity index (χ3n) is 3.71. The summed E-state index contributed by atoms with van der Waals surface area (Å²) in [4.78, 5) is 47.1. The molecule has 10 nitrogen and oxygen atoms in total. The van der Waals surface area contributed by atoms with Crippen molar-refractivity contribution in [2.24, 2.45) is 11.0 Å². The number of hydrazone groups is 1. The molecule has 0 bridgehead atoms. The van der Waals surface area contributed by atoms with Gasteiger partial charge in [-0.25, -0.2) is 9.59 Å². The summed E-state index contributed by atoms with van der Waals surface area (Å²) in [5, 5.41) is 3.87. The molecule has 3 atom stereocenters. The van der Waals surface area contributed by atoms with Crippen LogP contribution < -0.4 is 5.43 Å². The molecule has 26 heavy (non-hydrogen) atoms. The van der Waals surface area contributed by atoms with E-state index in [2.05, 4.69) is 10.5 Å². The minimum Gasteiger partial charge on any atom is -0.464 e. The van der Waals surface area contributed by atoms with E-state index in [0.29, 0.717) is 5.57 Å². The van der Waals surface area contributed by atoms with Gasteiger partial charge in [0.25, 0.3) is 0 Å². The molecule has 0 unspecified atom stereocenters. The average Bonchev–Trinajstić information content (AvgIpc) is 2.60. The zero-order valence-corrected chi connectivity index (χ0v) is 14.6. The van der Waals surface area contributed by atoms with Gasteiger partial charge in [-0.15, -0.1) is 0 Å². The molecule has 0 aromatic heterocycles. The Labute approximate surface area is 148 Å². The lowest BCUT2D eigenvalue weighted by Crippen LogP contribution is -2.50. The average molecular weight is 366 g/mol. The van der Waals surface area contributed by atoms with Crippen molar-refractivity contribution in [2.75, 3.05) is 14.2 Å². The molecule has 0 amide bonds. The quantitative estimate of drug-likeness (QED) is 0.521. The molecule has 0 aromatic rings. The number of allylic oxidation sites excluding steroid dienone is 1. The topological polar surface area (TPSA) is 130 Å². The molecule has 0 spiro atoms. The Bertz CT molecular complexity index is 737. The number of nitrogens with one attached hydrogen (secondary N) is 1. The Morgan fingerprint density at radius 2 is 1.62 bits per heavy atom. The van der Waals surface area contributed by atoms with Gasteiger partial charge in [0.1, 0.15) is 5.70 Å². The van der Waals surface area contributed by atoms with E-state index in [1.807, 2.05) is 0 Å². The fourth-order valence-corrected chi connectivity index (χ4v) is 2.74. The van der Waals surface area contributed by atoms with Crippen molar-refractivity contribution in [2.45, 2.75) is 26.1 Å². The summed E-state index contributed by atoms with van der Waals surface area (Å²) in [5.41, 5.74) is 2.59. The minimum atomic E-state index is -1.11. The van der Waals surface area contributed by atoms with Crippen LogP contribution in [0.3, 0.4) is 0 Å². The number of methoxy groups -OCH3 is 2. The van der Waals surface area contributed by atoms with Crippen molar-refractivity contribution in [3.05, 3.63) is 23.4 Å². The third kappa shape index (κ3) is 3.73. The summed E-state index contributed by atoms with van der Waals surface area (Å²) < 4.78 is 19.9. The smallest absolute Gasteiger partial charge is 0.356 e. The SMILES string of the molecule is COC(=O)C1=NNC(C(=O)OC)=C2C=C[C@@H](OC(C)=O)[C@@H](OC(C)=O)[C@H]12. The lowest BCUT2D eigenvalue weighted by Gasteiger charge is -2.37. The molecule has 1 heterocycles. The maximum atomic E-state index is 12.1. The predicted octanol–water partition coefficient (Wildman–Crippen LogP) is -0.405. The molecule has 1 aliphatic heterocycles. The Morgan fingerprint density at radius 3 is 2.15 bits per heavy atom. The van der Waals surface area contributed by atoms with Crippen molar-refractivity contribution in [3.63, 3.8) is 0 Å². The second-order valence-corrected chi connectivity index (χ2v) is 5.41. The molecule has 2 aliphatic rings. The maximum Gasteiger partial charge on any atom is 0.356 e. The monoisotopic (exact) mass is 366 g/mol. The van der Waals surface area contributed by atoms with Crippen LogP contribution in [-0.4, -0.2) is 56.0 Å². The summed E-state index contributed by atoms with van der Waals surface area (Å²) >= 11 is 0. The zero-order chi connectivity index (χ0) is 19.4. The molecule has 1 N–H and O–H groups in total. The number of fused-ring (bicyclic) bond motifs is 1. The molecular weight excluding hydrogens is 348 g/mol. The van der Waals surface area contributed by atoms with Crippen LogP contribution in [0.4, 0.5) is 0 Å². The first-order valence-corrected chi connectivity index (χ1v) is 7.57. The van der Waals surface area contributed by atoms with E-state index in [-0.39, 0.29) is 11.4 Å². The van der Waals surface area contributed by atoms with E-state index in [4.69, 9.17) is 18.9 Å². The Hall–Kier alpha value is -3.17. The van der Waals surface area contributed by atoms with Crippen LogP contribution in [-0.2, 0) is 38.1 Å². The van der Waals surface area contributed by atoms with E-state index in [9.17, 15) is 19.2 Å². The third-order valence-corrected chi connectivity index (χ3v) is 3.71. The van der Waals surface area contributed by atoms with E-state index >= 15 is 0 Å². The molecule has 1 aliphatic carbocycles. The predicted molar refractivity (Wildman–Crippen MR) is 85.4 cm³/mol. The normalized spacial score (nSPS) is 23.8. The maximum absolute atomic E-state index is 12.1. The molecule has 0 saturated carbocycles. The van der Waals surface area contributed by atoms with Gasteiger partial charge in [-0.2, -0.15) is 5.10 Å². The molecular formula is C16H18N2O8. The van der Waals surface area contributed by atoms with Crippen LogP contribution in [0.25, 0.3) is 0 Å². The minimum absolute atomic E-state index is 0.0279. The van der Waals surface area contributed by atoms with Gasteiger partial charge in [-0.05, 0) is 11.6 Å². The summed E-state index contributed by atoms with van der Waals surface area (Å²) in [6, 6.07) is 0. The Kier molecular flexibility index (Phi) is 5.75. The van der Waals surface area contributed by atoms with Crippen molar-refractivity contribution < 1.29 is 38.1 Å². The molecule has 140 valence electrons. The van der Waals surface area contributed by atoms with Gasteiger partial charge in [0.05, 0.1) is 20.1 Å². The van der Waals surface area contributed by atoms with E-state index in [0.717, 1.165) is 7.11 Å². The lowest BCUT2D eigenvalue weighted by atomic mass is 9.79. The second-order valence-electron chi connectivity index (χ2n) is 5.41. The first kappa shape index (κ1) is 19.2. The highest BCUT2D eigenvalue weighted by Gasteiger charge is 2.47. The Balaban J connectivity index is 2.59. The molecule has 0 aromatic carbocycles. The molecule has 0 radical (unpaired) electrons. The number of hydrogen-bond acceptors (Lipinski definition) is 10. The summed E-state index contributed by atoms with van der Waals surface area (Å²) in [6.45, 7) is 2.37. The second kappa shape index (κ2) is 7.81. The number of nitrogens with zero attached hydrogens (tertiary/aromatic N) is 1. The van der Waals surface area contributed by atoms with Crippen molar-refractivity contribution in [1.82, 2.24) is 5.43 Å². The van der Waals surface area contributed by atoms with Crippen LogP contribution in [0.1, 0.15) is 13.8 Å². The standard InChI is InChI=1S/C16H18N2O8/c1-7(19)25-10-6-5-9-11(14(10)26-8(2)20)13(16(22)24-4)18-17-12(9)15(21)23-3/h5-6,10-11,14,17H,1-4H3/t10-,11+,14-/m1/s1. The van der Waals surface area contributed by atoms with Crippen LogP contribution in [0, 0.1) is 5.92 Å². The summed E-state index contributed by atoms with van der Waals surface area (Å²) in [5.74, 6) is -3.78. The van der Waals surface area contributed by atoms with Gasteiger partial charge in [-0.1, -0.05) is 6.08 Å². The fourth-order valence-electron chi connectivity index (χ4n) is 2.74. The van der Waals surface area contributed by atoms with Gasteiger partial charge >= 0.3 is 23.9 Å². The first-order chi connectivity index (χ1) is 12.3. The van der Waals surface area contributed by atoms with Crippen molar-refractivity contribution >= 4 is 29.6 Å². The van der Waals surface area contributed by atoms with Gasteiger partial charge in [-0.3, -0.25) is 15.0 Å².